The highest BCUT2D eigenvalue weighted by molar-refractivity contribution is 8.13. The zero-order chi connectivity index (χ0) is 81.9. The molecular weight excluding hydrogens is 1620 g/mol. The normalized spacial score (nSPS) is 21.6. The molecule has 4 aromatic heterocycles. The molecule has 0 radical (unpaired) electrons. The van der Waals surface area contributed by atoms with Crippen LogP contribution in [-0.4, -0.2) is 224 Å². The Bertz CT molecular complexity index is 4120. The largest absolute Gasteiger partial charge is 0.790 e. The third kappa shape index (κ3) is 32.1. The summed E-state index contributed by atoms with van der Waals surface area (Å²) >= 11 is 0.866. The first kappa shape index (κ1) is 97.1. The number of nitrogens with zero attached hydrogens (tertiary/aromatic N) is 8. The van der Waals surface area contributed by atoms with E-state index < -0.39 is 169 Å². The standard InChI is InChI=1S/C25H40N7O18P3S.C21H36N7O16P3.C4H6O3.H2O/c1-13(33)8-16(35)54-7-6-27-15(34)4-5-28-23(38)20(37)25(2,3)10-47-53(44,45)50-52(42,43)46-9-14-19(49-51(39,40)41)18(36)24(48-14)32-12-31-17-21(26)29-11-30-22(17)32;1-4-23-12(29)5-6-24-19(32)16(31)21(2,3)8-41-47(38,39)44-46(36,37)40-7-11-15(43-45(33,34)35)14(30)20(42-11)28-10-27-13-17(22)25-9-26-18(13)28;1-3(5)2-4(6)7;/h11-12,14,18-20,24,36-37H,4-10H2,1-3H3,(H,27,34)(H,28,38)(H,42,43)(H,44,45)(H2,26,29,30)(H2,39,40,41);9-11,14-16,20,30-31H,4-8H2,1-3H3,(H,23,29)(H,24,32)(H,36,37)(H,38,39)(H2,22,25,26)(H2,33,34,35);2H2,1H3,(H,6,7);1H2/p-8. The van der Waals surface area contributed by atoms with Crippen LogP contribution in [0.15, 0.2) is 25.3 Å². The summed E-state index contributed by atoms with van der Waals surface area (Å²) in [6.45, 7) is 4.54. The number of ether oxygens (including phenoxy) is 2. The summed E-state index contributed by atoms with van der Waals surface area (Å²) in [7, 11) is -35.1. The molecule has 15 N–H and O–H groups in total. The van der Waals surface area contributed by atoms with Crippen LogP contribution in [0.3, 0.4) is 0 Å². The van der Waals surface area contributed by atoms with Crippen molar-refractivity contribution in [3.63, 3.8) is 0 Å². The minimum atomic E-state index is -5.92. The van der Waals surface area contributed by atoms with Crippen molar-refractivity contribution in [3.05, 3.63) is 25.3 Å². The average Bonchev–Trinajstić information content (AvgIpc) is 1.62. The Balaban J connectivity index is 0.000000518. The first-order chi connectivity index (χ1) is 49.7. The zero-order valence-corrected chi connectivity index (χ0v) is 64.1. The number of fused-ring (bicyclic) bond motifs is 2. The quantitative estimate of drug-likeness (QED) is 0.0112. The summed E-state index contributed by atoms with van der Waals surface area (Å²) in [4.78, 5) is 208. The van der Waals surface area contributed by atoms with E-state index in [1.165, 1.54) is 41.5 Å². The fourth-order valence-electron chi connectivity index (χ4n) is 8.85. The van der Waals surface area contributed by atoms with Gasteiger partial charge in [0.2, 0.25) is 23.6 Å². The molecule has 2 aliphatic heterocycles. The van der Waals surface area contributed by atoms with Gasteiger partial charge in [-0.1, -0.05) is 39.5 Å². The predicted octanol–water partition coefficient (Wildman–Crippen LogP) is -8.76. The van der Waals surface area contributed by atoms with Crippen LogP contribution >= 0.6 is 58.7 Å². The van der Waals surface area contributed by atoms with Crippen molar-refractivity contribution in [3.8, 4) is 0 Å². The molecule has 0 saturated carbocycles. The highest BCUT2D eigenvalue weighted by Crippen LogP contribution is 2.58. The van der Waals surface area contributed by atoms with Gasteiger partial charge in [-0.25, -0.2) is 38.5 Å². The van der Waals surface area contributed by atoms with Crippen LogP contribution in [0.2, 0.25) is 0 Å². The number of nitrogens with one attached hydrogen (secondary N) is 4. The minimum Gasteiger partial charge on any atom is -0.790 e. The lowest BCUT2D eigenvalue weighted by molar-refractivity contribution is -0.348. The highest BCUT2D eigenvalue weighted by Gasteiger charge is 2.49. The molecule has 4 aromatic rings. The van der Waals surface area contributed by atoms with Crippen LogP contribution < -0.4 is 71.9 Å². The van der Waals surface area contributed by atoms with Crippen molar-refractivity contribution in [2.75, 3.05) is 69.8 Å². The second-order valence-corrected chi connectivity index (χ2v) is 33.2. The molecule has 2 saturated heterocycles. The number of carbonyl (C=O) groups excluding carboxylic acids is 7. The van der Waals surface area contributed by atoms with Gasteiger partial charge in [-0.05, 0) is 20.8 Å². The number of amides is 4. The number of carboxylic acid groups (broad SMARTS) is 1. The number of hydrogen-bond acceptors (Lipinski definition) is 45. The Morgan fingerprint density at radius 2 is 0.945 bits per heavy atom. The number of aliphatic hydroxyl groups excluding tert-OH is 4. The monoisotopic (exact) mass is 1700 g/mol. The molecule has 52 nitrogen and oxygen atoms in total. The molecule has 2 aliphatic rings. The van der Waals surface area contributed by atoms with Crippen LogP contribution in [-0.2, 0) is 111 Å². The Hall–Kier alpha value is -6.13. The molecule has 0 bridgehead atoms. The summed E-state index contributed by atoms with van der Waals surface area (Å²) in [5, 5.41) is 59.4. The molecule has 0 aromatic carbocycles. The van der Waals surface area contributed by atoms with Crippen molar-refractivity contribution >= 4 is 139 Å². The topological polar surface area (TPSA) is 836 Å². The van der Waals surface area contributed by atoms with Crippen molar-refractivity contribution in [1.29, 1.82) is 0 Å². The lowest BCUT2D eigenvalue weighted by Gasteiger charge is -2.36. The fourth-order valence-corrected chi connectivity index (χ4v) is 15.1. The number of nitrogens with two attached hydrogens (primary N) is 2. The van der Waals surface area contributed by atoms with Gasteiger partial charge >= 0.3 is 5.97 Å². The van der Waals surface area contributed by atoms with Crippen LogP contribution in [0.5, 0.6) is 0 Å². The van der Waals surface area contributed by atoms with Crippen molar-refractivity contribution in [2.45, 2.75) is 135 Å². The van der Waals surface area contributed by atoms with E-state index in [0.29, 0.717) is 6.54 Å². The van der Waals surface area contributed by atoms with E-state index in [-0.39, 0.29) is 113 Å². The number of aromatic nitrogens is 8. The van der Waals surface area contributed by atoms with Gasteiger partial charge in [-0.2, -0.15) is 0 Å². The molecule has 4 amide bonds. The van der Waals surface area contributed by atoms with E-state index in [4.69, 9.17) is 26.0 Å². The minimum absolute atomic E-state index is 0. The number of Topliss-reactive ketones (excluding diaryl/α,β-unsaturated/α-hetero) is 2. The van der Waals surface area contributed by atoms with Crippen LogP contribution in [0.4, 0.5) is 11.6 Å². The van der Waals surface area contributed by atoms with Crippen molar-refractivity contribution in [1.82, 2.24) is 60.3 Å². The second-order valence-electron chi connectivity index (χ2n) is 23.9. The number of imidazole rings is 2. The lowest BCUT2D eigenvalue weighted by atomic mass is 9.87. The number of aliphatic carboxylic acids is 1. The summed E-state index contributed by atoms with van der Waals surface area (Å²) in [6.07, 6.45) is -15.6. The number of nitrogen functional groups attached to an aromatic ring is 2. The maximum absolute atomic E-state index is 12.5. The number of thioether (sulfide) groups is 1. The highest BCUT2D eigenvalue weighted by atomic mass is 32.2. The molecule has 2 fully saturated rings. The number of aliphatic hydroxyl groups is 4. The van der Waals surface area contributed by atoms with Gasteiger partial charge in [0.1, 0.15) is 90.5 Å². The predicted molar refractivity (Wildman–Crippen MR) is 347 cm³/mol. The van der Waals surface area contributed by atoms with Gasteiger partial charge < -0.3 is 149 Å². The number of phosphoric acid groups is 6. The number of rotatable bonds is 40. The molecule has 14 unspecified atom stereocenters. The average molecular weight is 1700 g/mol. The number of anilines is 2. The number of carboxylic acids is 1. The summed E-state index contributed by atoms with van der Waals surface area (Å²) in [5.74, 6) is -4.50. The Labute approximate surface area is 619 Å². The van der Waals surface area contributed by atoms with E-state index in [2.05, 4.69) is 86.9 Å². The van der Waals surface area contributed by atoms with E-state index in [9.17, 15) is 125 Å². The van der Waals surface area contributed by atoms with E-state index in [0.717, 1.165) is 46.2 Å². The van der Waals surface area contributed by atoms with Gasteiger partial charge in [0.15, 0.2) is 40.5 Å². The van der Waals surface area contributed by atoms with E-state index in [1.807, 2.05) is 0 Å². The fraction of sp³-hybridized carbons (Fsp3) is 0.640. The van der Waals surface area contributed by atoms with E-state index in [1.54, 1.807) is 6.92 Å². The molecular formula is C50H76N14O38P6S-8. The van der Waals surface area contributed by atoms with Gasteiger partial charge in [0.25, 0.3) is 31.3 Å². The molecule has 618 valence electrons. The Morgan fingerprint density at radius 1 is 0.578 bits per heavy atom. The Morgan fingerprint density at radius 3 is 1.28 bits per heavy atom. The van der Waals surface area contributed by atoms with Gasteiger partial charge in [0, 0.05) is 55.6 Å². The SMILES string of the molecule is CC(=O)CC(=O)O.CC(=O)CC(=O)SCCNC(=O)CCNC(=O)C(O)C(C)(C)COP(=O)([O-])OP(=O)([O-])OCC1OC(n2cnc3c(N)ncnc32)C(O)C1OP(=O)([O-])[O-].CCNC(=O)CCNC(=O)C(O)C(C)(C)COP(=O)([O-])OP(=O)([O-])OCC1OC(n2cnc3c(N)ncnc32)C(O)C1OP(=O)([O-])[O-].O. The number of phosphoric ester groups is 6. The molecule has 59 heteroatoms. The molecule has 109 heavy (non-hydrogen) atoms. The van der Waals surface area contributed by atoms with Crippen molar-refractivity contribution in [2.24, 2.45) is 10.8 Å². The third-order valence-corrected chi connectivity index (χ3v) is 20.9. The third-order valence-electron chi connectivity index (χ3n) is 14.0. The summed E-state index contributed by atoms with van der Waals surface area (Å²) < 4.78 is 120. The van der Waals surface area contributed by atoms with Crippen molar-refractivity contribution < 1.29 is 181 Å². The lowest BCUT2D eigenvalue weighted by Crippen LogP contribution is -2.46. The van der Waals surface area contributed by atoms with Gasteiger partial charge in [-0.15, -0.1) is 0 Å². The smallest absolute Gasteiger partial charge is 0.310 e. The first-order valence-corrected chi connectivity index (χ1v) is 40.5. The zero-order valence-electron chi connectivity index (χ0n) is 57.9. The Kier molecular flexibility index (Phi) is 37.0. The number of ketones is 2. The molecule has 6 heterocycles. The maximum atomic E-state index is 12.5. The van der Waals surface area contributed by atoms with E-state index >= 15 is 0 Å². The molecule has 6 rings (SSSR count). The summed E-state index contributed by atoms with van der Waals surface area (Å²) in [6, 6.07) is 0. The maximum Gasteiger partial charge on any atom is 0.310 e. The van der Waals surface area contributed by atoms with Crippen LogP contribution in [0.25, 0.3) is 22.3 Å². The van der Waals surface area contributed by atoms with Gasteiger partial charge in [0.05, 0.1) is 61.1 Å². The number of carbonyl (C=O) groups is 8. The molecule has 0 spiro atoms. The number of hydrogen-bond donors (Lipinski definition) is 11. The molecule has 14 atom stereocenters. The summed E-state index contributed by atoms with van der Waals surface area (Å²) in [5.41, 5.74) is 8.14. The first-order valence-electron chi connectivity index (χ1n) is 30.7. The molecule has 0 aliphatic carbocycles. The van der Waals surface area contributed by atoms with Crippen LogP contribution in [0.1, 0.15) is 86.6 Å². The van der Waals surface area contributed by atoms with Crippen LogP contribution in [0, 0.1) is 10.8 Å². The van der Waals surface area contributed by atoms with Gasteiger partial charge in [-0.3, -0.25) is 65.8 Å². The second kappa shape index (κ2) is 41.6.